The molecule has 59 heavy (non-hydrogen) atoms. The Labute approximate surface area is 343 Å². The number of carbonyl (C=O) groups excluding carboxylic acids is 3. The lowest BCUT2D eigenvalue weighted by Crippen LogP contribution is -2.46. The summed E-state index contributed by atoms with van der Waals surface area (Å²) in [6.45, 7) is 14.4. The van der Waals surface area contributed by atoms with E-state index in [9.17, 15) is 39.9 Å². The van der Waals surface area contributed by atoms with Crippen molar-refractivity contribution in [1.29, 1.82) is 0 Å². The summed E-state index contributed by atoms with van der Waals surface area (Å²) >= 11 is 0. The topological polar surface area (TPSA) is 214 Å². The number of nitrogens with zero attached hydrogens (tertiary/aromatic N) is 1. The summed E-state index contributed by atoms with van der Waals surface area (Å²) in [5.74, 6) is -8.49. The van der Waals surface area contributed by atoms with E-state index in [1.807, 2.05) is 19.1 Å². The van der Waals surface area contributed by atoms with Gasteiger partial charge in [0.05, 0.1) is 52.5 Å². The van der Waals surface area contributed by atoms with Crippen molar-refractivity contribution in [2.45, 2.75) is 92.5 Å². The van der Waals surface area contributed by atoms with E-state index in [2.05, 4.69) is 10.3 Å². The van der Waals surface area contributed by atoms with Crippen molar-refractivity contribution in [2.24, 2.45) is 28.7 Å². The van der Waals surface area contributed by atoms with E-state index in [4.69, 9.17) is 18.9 Å². The number of allylic oxidation sites excluding steroid dienone is 2. The van der Waals surface area contributed by atoms with Gasteiger partial charge >= 0.3 is 11.8 Å². The summed E-state index contributed by atoms with van der Waals surface area (Å²) in [4.78, 5) is 44.9. The molecular weight excluding hydrogens is 760 g/mol. The number of phenols is 3. The van der Waals surface area contributed by atoms with E-state index >= 15 is 0 Å². The van der Waals surface area contributed by atoms with Crippen LogP contribution in [0.25, 0.3) is 10.8 Å². The molecule has 316 valence electrons. The van der Waals surface area contributed by atoms with Gasteiger partial charge in [-0.25, -0.2) is 0 Å². The molecule has 0 aromatic heterocycles. The molecule has 3 aromatic rings. The van der Waals surface area contributed by atoms with Crippen LogP contribution in [0.1, 0.15) is 75.5 Å². The molecule has 1 amide bonds. The van der Waals surface area contributed by atoms with E-state index in [1.54, 1.807) is 52.0 Å². The number of aliphatic hydroxyl groups excluding tert-OH is 2. The number of ether oxygens (including phenoxy) is 4. The summed E-state index contributed by atoms with van der Waals surface area (Å²) < 4.78 is 23.6. The molecule has 0 fully saturated rings. The fourth-order valence-corrected chi connectivity index (χ4v) is 7.64. The van der Waals surface area contributed by atoms with E-state index < -0.39 is 88.8 Å². The molecule has 0 saturated heterocycles. The van der Waals surface area contributed by atoms with Crippen LogP contribution in [-0.4, -0.2) is 86.7 Å². The molecule has 0 spiro atoms. The van der Waals surface area contributed by atoms with E-state index in [1.165, 1.54) is 59.4 Å². The fourth-order valence-electron chi connectivity index (χ4n) is 7.64. The monoisotopic (exact) mass is 814 g/mol. The third-order valence-electron chi connectivity index (χ3n) is 11.4. The Hall–Kier alpha value is -5.70. The van der Waals surface area contributed by atoms with Crippen LogP contribution in [0.2, 0.25) is 0 Å². The number of carbonyl (C=O) groups is 3. The summed E-state index contributed by atoms with van der Waals surface area (Å²) in [6.07, 6.45) is 4.74. The molecule has 3 heterocycles. The molecule has 3 aliphatic rings. The van der Waals surface area contributed by atoms with Gasteiger partial charge in [-0.2, -0.15) is 0 Å². The van der Waals surface area contributed by atoms with Crippen molar-refractivity contribution in [1.82, 2.24) is 0 Å². The maximum atomic E-state index is 14.4. The van der Waals surface area contributed by atoms with Gasteiger partial charge in [0, 0.05) is 67.4 Å². The lowest BCUT2D eigenvalue weighted by Gasteiger charge is -2.38. The normalized spacial score (nSPS) is 30.1. The molecule has 5 bridgehead atoms. The standard InChI is InChI=1S/C45H54N2O12/c1-21-14-16-29(17-15-21)46-20-30-35-40(53)33-32(39(30)52)34-42(27(7)38(33)51)59-45(9,43(34)54)57-19-18-31(56-10)24(4)41(58-28(8)48)26(6)37(50)25(5)36(49)22(2)12-11-13-23(3)44(55)47-35/h11-20,22,24-26,31,36-37,41,49-53H,1-10H3,(H,47,55)/b12-11+,19-18+,23-13+,46-20?. The Morgan fingerprint density at radius 3 is 2.19 bits per heavy atom. The van der Waals surface area contributed by atoms with Gasteiger partial charge in [0.25, 0.3) is 11.7 Å². The number of aromatic hydroxyl groups is 3. The number of rotatable bonds is 4. The number of methoxy groups -OCH3 is 1. The average Bonchev–Trinajstić information content (AvgIpc) is 3.46. The number of anilines is 1. The number of hydrogen-bond donors (Lipinski definition) is 6. The first-order chi connectivity index (χ1) is 27.7. The first-order valence-corrected chi connectivity index (χ1v) is 19.4. The highest BCUT2D eigenvalue weighted by atomic mass is 16.7. The second kappa shape index (κ2) is 17.7. The number of amides is 1. The number of benzene rings is 3. The van der Waals surface area contributed by atoms with Crippen molar-refractivity contribution in [3.63, 3.8) is 0 Å². The third kappa shape index (κ3) is 8.70. The Morgan fingerprint density at radius 1 is 0.898 bits per heavy atom. The molecule has 0 saturated carbocycles. The van der Waals surface area contributed by atoms with Crippen LogP contribution < -0.4 is 10.1 Å². The van der Waals surface area contributed by atoms with Gasteiger partial charge in [-0.05, 0) is 39.0 Å². The Balaban J connectivity index is 1.73. The van der Waals surface area contributed by atoms with Gasteiger partial charge in [-0.3, -0.25) is 19.4 Å². The molecule has 3 aliphatic heterocycles. The Morgan fingerprint density at radius 2 is 1.56 bits per heavy atom. The number of hydrogen-bond acceptors (Lipinski definition) is 13. The van der Waals surface area contributed by atoms with Crippen molar-refractivity contribution < 1.29 is 58.9 Å². The van der Waals surface area contributed by atoms with Crippen molar-refractivity contribution in [2.75, 3.05) is 12.4 Å². The van der Waals surface area contributed by atoms with Gasteiger partial charge < -0.3 is 49.8 Å². The zero-order chi connectivity index (χ0) is 43.7. The summed E-state index contributed by atoms with van der Waals surface area (Å²) in [7, 11) is 1.43. The number of nitrogens with one attached hydrogen (secondary N) is 1. The van der Waals surface area contributed by atoms with E-state index in [-0.39, 0.29) is 44.5 Å². The number of Topliss-reactive ketones (excluding diaryl/α,β-unsaturated/α-hetero) is 1. The molecule has 6 rings (SSSR count). The van der Waals surface area contributed by atoms with E-state index in [0.717, 1.165) is 5.56 Å². The summed E-state index contributed by atoms with van der Waals surface area (Å²) in [5.41, 5.74) is 0.994. The minimum atomic E-state index is -2.05. The predicted octanol–water partition coefficient (Wildman–Crippen LogP) is 6.81. The second-order valence-electron chi connectivity index (χ2n) is 15.7. The molecular formula is C45H54N2O12. The maximum Gasteiger partial charge on any atom is 0.312 e. The molecule has 9 unspecified atom stereocenters. The third-order valence-corrected chi connectivity index (χ3v) is 11.4. The van der Waals surface area contributed by atoms with Crippen LogP contribution in [-0.2, 0) is 23.8 Å². The Kier molecular flexibility index (Phi) is 13.3. The average molecular weight is 815 g/mol. The molecule has 14 nitrogen and oxygen atoms in total. The van der Waals surface area contributed by atoms with Gasteiger partial charge in [-0.1, -0.05) is 63.6 Å². The second-order valence-corrected chi connectivity index (χ2v) is 15.7. The first kappa shape index (κ1) is 44.4. The quantitative estimate of drug-likeness (QED) is 0.0694. The van der Waals surface area contributed by atoms with Crippen LogP contribution in [0, 0.1) is 37.5 Å². The zero-order valence-corrected chi connectivity index (χ0v) is 34.9. The highest BCUT2D eigenvalue weighted by Crippen LogP contribution is 2.55. The lowest BCUT2D eigenvalue weighted by atomic mass is 9.78. The highest BCUT2D eigenvalue weighted by Gasteiger charge is 2.50. The molecule has 6 N–H and O–H groups in total. The number of fused-ring (bicyclic) bond motifs is 14. The molecule has 9 atom stereocenters. The van der Waals surface area contributed by atoms with Gasteiger partial charge in [0.2, 0.25) is 0 Å². The first-order valence-electron chi connectivity index (χ1n) is 19.4. The minimum Gasteiger partial charge on any atom is -0.507 e. The van der Waals surface area contributed by atoms with Crippen LogP contribution in [0.3, 0.4) is 0 Å². The van der Waals surface area contributed by atoms with E-state index in [0.29, 0.717) is 5.69 Å². The number of aliphatic imine (C=N–C) groups is 1. The largest absolute Gasteiger partial charge is 0.507 e. The van der Waals surface area contributed by atoms with Crippen LogP contribution in [0.4, 0.5) is 11.4 Å². The fraction of sp³-hybridized carbons (Fsp3) is 0.422. The maximum absolute atomic E-state index is 14.4. The molecule has 0 aliphatic carbocycles. The van der Waals surface area contributed by atoms with Crippen molar-refractivity contribution in [3.05, 3.63) is 82.7 Å². The minimum absolute atomic E-state index is 0.0441. The van der Waals surface area contributed by atoms with Gasteiger partial charge in [0.1, 0.15) is 23.4 Å². The predicted molar refractivity (Wildman–Crippen MR) is 222 cm³/mol. The molecule has 0 radical (unpaired) electrons. The molecule has 3 aromatic carbocycles. The van der Waals surface area contributed by atoms with Crippen molar-refractivity contribution in [3.8, 4) is 23.0 Å². The highest BCUT2D eigenvalue weighted by molar-refractivity contribution is 6.24. The van der Waals surface area contributed by atoms with Gasteiger partial charge in [0.15, 0.2) is 5.75 Å². The number of aliphatic hydroxyl groups is 2. The number of phenolic OH excluding ortho intramolecular Hbond substituents is 3. The number of aryl methyl sites for hydroxylation is 1. The smallest absolute Gasteiger partial charge is 0.312 e. The van der Waals surface area contributed by atoms with Crippen LogP contribution in [0.5, 0.6) is 23.0 Å². The number of ketones is 1. The number of esters is 1. The van der Waals surface area contributed by atoms with Crippen molar-refractivity contribution >= 4 is 46.0 Å². The van der Waals surface area contributed by atoms with Crippen LogP contribution >= 0.6 is 0 Å². The summed E-state index contributed by atoms with van der Waals surface area (Å²) in [6, 6.07) is 7.12. The summed E-state index contributed by atoms with van der Waals surface area (Å²) in [5, 5.41) is 60.4. The van der Waals surface area contributed by atoms with Gasteiger partial charge in [-0.15, -0.1) is 0 Å². The zero-order valence-electron chi connectivity index (χ0n) is 34.9. The lowest BCUT2D eigenvalue weighted by molar-refractivity contribution is -0.160. The SMILES string of the molecule is COC1/C=C/OC2(C)Oc3c(C)c(O)c4c(O)c(c(C=Nc5ccc(C)cc5)c(O)c4c3C2=O)NC(=O)/C(C)=C/C=C/C(C)C(O)C(C)C(O)C(C)C(OC(C)=O)C1C. The molecule has 14 heteroatoms. The Bertz CT molecular complexity index is 2240. The van der Waals surface area contributed by atoms with Crippen LogP contribution in [0.15, 0.2) is 65.4 Å².